The number of benzene rings is 3. The molecule has 3 aromatic rings. The predicted molar refractivity (Wildman–Crippen MR) is 172 cm³/mol. The van der Waals surface area contributed by atoms with Crippen LogP contribution in [0.15, 0.2) is 89.8 Å². The van der Waals surface area contributed by atoms with Gasteiger partial charge < -0.3 is 9.16 Å². The quantitative estimate of drug-likeness (QED) is 0.161. The summed E-state index contributed by atoms with van der Waals surface area (Å²) in [5, 5.41) is -0.176. The number of carbonyl (C=O) groups is 1. The van der Waals surface area contributed by atoms with E-state index < -0.39 is 36.4 Å². The zero-order valence-corrected chi connectivity index (χ0v) is 28.4. The Morgan fingerprint density at radius 2 is 1.42 bits per heavy atom. The molecule has 0 aliphatic heterocycles. The molecule has 0 aromatic heterocycles. The molecule has 3 aromatic carbocycles. The first-order chi connectivity index (χ1) is 20.2. The Balaban J connectivity index is 2.14. The van der Waals surface area contributed by atoms with Gasteiger partial charge in [0, 0.05) is 6.54 Å². The number of amides is 1. The average Bonchev–Trinajstić information content (AvgIpc) is 2.96. The Hall–Kier alpha value is -3.02. The molecule has 8 nitrogen and oxygen atoms in total. The molecule has 0 radical (unpaired) electrons. The van der Waals surface area contributed by atoms with E-state index in [1.165, 1.54) is 23.5 Å². The van der Waals surface area contributed by atoms with Crippen molar-refractivity contribution in [3.63, 3.8) is 0 Å². The molecule has 0 heterocycles. The summed E-state index contributed by atoms with van der Waals surface area (Å²) in [6.45, 7) is 14.5. The van der Waals surface area contributed by atoms with Crippen molar-refractivity contribution in [2.45, 2.75) is 82.9 Å². The molecule has 10 heteroatoms. The average molecular weight is 627 g/mol. The summed E-state index contributed by atoms with van der Waals surface area (Å²) < 4.78 is 42.4. The van der Waals surface area contributed by atoms with Crippen LogP contribution < -0.4 is 10.2 Å². The van der Waals surface area contributed by atoms with Gasteiger partial charge in [-0.15, -0.1) is 0 Å². The van der Waals surface area contributed by atoms with Crippen LogP contribution in [0.5, 0.6) is 5.75 Å². The zero-order valence-electron chi connectivity index (χ0n) is 26.5. The summed E-state index contributed by atoms with van der Waals surface area (Å²) in [6.07, 6.45) is -0.766. The maximum atomic E-state index is 14.5. The Morgan fingerprint density at radius 1 is 0.884 bits per heavy atom. The fraction of sp³-hybridized carbons (Fsp3) is 0.424. The van der Waals surface area contributed by atoms with Crippen LogP contribution in [-0.4, -0.2) is 46.2 Å². The number of nitrogens with one attached hydrogen (secondary N) is 1. The van der Waals surface area contributed by atoms with Gasteiger partial charge in [-0.1, -0.05) is 95.3 Å². The molecule has 1 N–H and O–H groups in total. The highest BCUT2D eigenvalue weighted by atomic mass is 32.2. The van der Waals surface area contributed by atoms with E-state index in [4.69, 9.17) is 14.0 Å². The number of nitrogens with zero attached hydrogens (tertiary/aromatic N) is 1. The highest BCUT2D eigenvalue weighted by molar-refractivity contribution is 7.89. The molecule has 0 aliphatic carbocycles. The van der Waals surface area contributed by atoms with Gasteiger partial charge in [-0.25, -0.2) is 13.9 Å². The van der Waals surface area contributed by atoms with E-state index in [0.29, 0.717) is 5.75 Å². The first kappa shape index (κ1) is 34.5. The van der Waals surface area contributed by atoms with Crippen molar-refractivity contribution >= 4 is 24.2 Å². The van der Waals surface area contributed by atoms with Crippen LogP contribution in [0.25, 0.3) is 0 Å². The third-order valence-electron chi connectivity index (χ3n) is 7.89. The summed E-state index contributed by atoms with van der Waals surface area (Å²) in [7, 11) is -5.17. The third-order valence-corrected chi connectivity index (χ3v) is 14.2. The van der Waals surface area contributed by atoms with E-state index in [0.717, 1.165) is 11.1 Å². The smallest absolute Gasteiger partial charge is 0.264 e. The first-order valence-corrected chi connectivity index (χ1v) is 18.9. The van der Waals surface area contributed by atoms with E-state index in [9.17, 15) is 13.2 Å². The molecule has 3 rings (SSSR count). The number of carbonyl (C=O) groups excluding carboxylic acids is 1. The van der Waals surface area contributed by atoms with E-state index in [-0.39, 0.29) is 29.0 Å². The Labute approximate surface area is 258 Å². The van der Waals surface area contributed by atoms with Crippen molar-refractivity contribution in [1.29, 1.82) is 0 Å². The highest BCUT2D eigenvalue weighted by Crippen LogP contribution is 2.39. The van der Waals surface area contributed by atoms with Gasteiger partial charge in [-0.05, 0) is 59.4 Å². The van der Waals surface area contributed by atoms with Crippen LogP contribution in [0, 0.1) is 5.92 Å². The lowest BCUT2D eigenvalue weighted by Crippen LogP contribution is -2.60. The second-order valence-electron chi connectivity index (χ2n) is 12.5. The van der Waals surface area contributed by atoms with E-state index in [1.807, 2.05) is 74.5 Å². The number of hydroxylamine groups is 1. The van der Waals surface area contributed by atoms with Crippen molar-refractivity contribution in [2.24, 2.45) is 5.92 Å². The van der Waals surface area contributed by atoms with E-state index >= 15 is 0 Å². The lowest BCUT2D eigenvalue weighted by atomic mass is 9.98. The molecule has 0 saturated heterocycles. The topological polar surface area (TPSA) is 94.2 Å². The largest absolute Gasteiger partial charge is 0.497 e. The Bertz CT molecular complexity index is 1410. The molecular formula is C33H46N2O6SSi. The molecular weight excluding hydrogens is 581 g/mol. The minimum absolute atomic E-state index is 0.0436. The van der Waals surface area contributed by atoms with Crippen molar-refractivity contribution in [1.82, 2.24) is 9.79 Å². The summed E-state index contributed by atoms with van der Waals surface area (Å²) in [5.41, 5.74) is 4.17. The number of sulfonamides is 1. The second kappa shape index (κ2) is 14.6. The van der Waals surface area contributed by atoms with Crippen molar-refractivity contribution in [3.05, 3.63) is 96.1 Å². The summed E-state index contributed by atoms with van der Waals surface area (Å²) in [6, 6.07) is 23.6. The zero-order chi connectivity index (χ0) is 31.8. The van der Waals surface area contributed by atoms with Crippen LogP contribution in [0.4, 0.5) is 0 Å². The minimum atomic E-state index is -4.22. The van der Waals surface area contributed by atoms with Crippen LogP contribution in [-0.2, 0) is 37.2 Å². The Morgan fingerprint density at radius 3 is 1.91 bits per heavy atom. The molecule has 0 fully saturated rings. The molecule has 0 saturated carbocycles. The van der Waals surface area contributed by atoms with Gasteiger partial charge in [0.15, 0.2) is 8.32 Å². The number of hydrogen-bond acceptors (Lipinski definition) is 6. The van der Waals surface area contributed by atoms with Gasteiger partial charge in [0.2, 0.25) is 10.0 Å². The fourth-order valence-corrected chi connectivity index (χ4v) is 7.35. The normalized spacial score (nSPS) is 14.0. The van der Waals surface area contributed by atoms with E-state index in [2.05, 4.69) is 39.3 Å². The molecule has 43 heavy (non-hydrogen) atoms. The summed E-state index contributed by atoms with van der Waals surface area (Å²) >= 11 is 0. The van der Waals surface area contributed by atoms with Gasteiger partial charge in [-0.2, -0.15) is 4.31 Å². The number of rotatable bonds is 14. The molecule has 1 unspecified atom stereocenters. The van der Waals surface area contributed by atoms with E-state index in [1.54, 1.807) is 12.1 Å². The van der Waals surface area contributed by atoms with Crippen LogP contribution in [0.3, 0.4) is 0 Å². The first-order valence-electron chi connectivity index (χ1n) is 14.5. The van der Waals surface area contributed by atoms with Gasteiger partial charge in [-0.3, -0.25) is 9.63 Å². The minimum Gasteiger partial charge on any atom is -0.497 e. The third kappa shape index (κ3) is 8.99. The monoisotopic (exact) mass is 626 g/mol. The number of hydrogen-bond donors (Lipinski definition) is 1. The molecule has 234 valence electrons. The van der Waals surface area contributed by atoms with Gasteiger partial charge in [0.1, 0.15) is 11.8 Å². The Kier molecular flexibility index (Phi) is 11.7. The molecule has 1 amide bonds. The summed E-state index contributed by atoms with van der Waals surface area (Å²) in [4.78, 5) is 19.9. The molecule has 2 atom stereocenters. The van der Waals surface area contributed by atoms with Crippen LogP contribution in [0.1, 0.15) is 45.7 Å². The van der Waals surface area contributed by atoms with Gasteiger partial charge in [0.25, 0.3) is 5.91 Å². The van der Waals surface area contributed by atoms with Crippen molar-refractivity contribution in [3.8, 4) is 5.75 Å². The maximum absolute atomic E-state index is 14.5. The predicted octanol–water partition coefficient (Wildman–Crippen LogP) is 6.55. The lowest BCUT2D eigenvalue weighted by Gasteiger charge is -2.44. The van der Waals surface area contributed by atoms with Gasteiger partial charge >= 0.3 is 0 Å². The molecule has 0 aliphatic rings. The van der Waals surface area contributed by atoms with Crippen molar-refractivity contribution in [2.75, 3.05) is 7.11 Å². The lowest BCUT2D eigenvalue weighted by molar-refractivity contribution is -0.143. The SMILES string of the molecule is COc1ccc(S(=O)(=O)N(Cc2ccccc2)C(C(=O)NOCc2ccccc2)[C@H](O[Si](C)(C)C(C)(C)C)C(C)C)cc1. The highest BCUT2D eigenvalue weighted by Gasteiger charge is 2.47. The fourth-order valence-electron chi connectivity index (χ4n) is 4.33. The number of ether oxygens (including phenoxy) is 1. The molecule has 0 spiro atoms. The molecule has 0 bridgehead atoms. The summed E-state index contributed by atoms with van der Waals surface area (Å²) in [5.74, 6) is -0.275. The van der Waals surface area contributed by atoms with Gasteiger partial charge in [0.05, 0.1) is 24.7 Å². The second-order valence-corrected chi connectivity index (χ2v) is 19.1. The standard InChI is InChI=1S/C33H46N2O6SSi/c1-25(2)31(41-43(7,8)33(3,4)5)30(32(36)34-40-24-27-17-13-10-14-18-27)35(23-26-15-11-9-12-16-26)42(37,38)29-21-19-28(39-6)20-22-29/h9-22,25,30-31H,23-24H2,1-8H3,(H,34,36)/t30?,31-/m1/s1. The maximum Gasteiger partial charge on any atom is 0.264 e. The van der Waals surface area contributed by atoms with Crippen molar-refractivity contribution < 1.29 is 27.2 Å². The van der Waals surface area contributed by atoms with Crippen LogP contribution >= 0.6 is 0 Å². The number of methoxy groups -OCH3 is 1. The van der Waals surface area contributed by atoms with Crippen LogP contribution in [0.2, 0.25) is 18.1 Å².